The van der Waals surface area contributed by atoms with Gasteiger partial charge < -0.3 is 9.30 Å². The minimum absolute atomic E-state index is 0.00240. The van der Waals surface area contributed by atoms with E-state index in [1.54, 1.807) is 6.92 Å². The minimum Gasteiger partial charge on any atom is -0.465 e. The Morgan fingerprint density at radius 3 is 2.76 bits per heavy atom. The first-order valence-corrected chi connectivity index (χ1v) is 13.9. The Kier molecular flexibility index (Phi) is 7.53. The summed E-state index contributed by atoms with van der Waals surface area (Å²) < 4.78 is 48.5. The van der Waals surface area contributed by atoms with Gasteiger partial charge in [0.2, 0.25) is 0 Å². The molecule has 1 aromatic carbocycles. The van der Waals surface area contributed by atoms with Gasteiger partial charge in [0, 0.05) is 13.1 Å². The summed E-state index contributed by atoms with van der Waals surface area (Å²) in [6, 6.07) is 7.07. The highest BCUT2D eigenvalue weighted by Gasteiger charge is 2.34. The number of carbonyl (C=O) groups excluding carboxylic acids is 2. The molecule has 2 aromatic heterocycles. The topological polar surface area (TPSA) is 98.0 Å². The molecule has 1 amide bonds. The van der Waals surface area contributed by atoms with Gasteiger partial charge in [-0.15, -0.1) is 11.3 Å². The summed E-state index contributed by atoms with van der Waals surface area (Å²) >= 11 is 7.94. The summed E-state index contributed by atoms with van der Waals surface area (Å²) in [6.45, 7) is 2.00. The van der Waals surface area contributed by atoms with Gasteiger partial charge in [0.05, 0.1) is 27.1 Å². The van der Waals surface area contributed by atoms with Gasteiger partial charge >= 0.3 is 5.97 Å². The van der Waals surface area contributed by atoms with E-state index in [9.17, 15) is 22.4 Å². The molecule has 0 aliphatic carbocycles. The number of aromatic nitrogens is 1. The normalized spacial score (nSPS) is 17.9. The molecular formula is C21H21ClFN3O5S3. The van der Waals surface area contributed by atoms with Crippen molar-refractivity contribution in [2.24, 2.45) is 10.9 Å². The highest BCUT2D eigenvalue weighted by molar-refractivity contribution is 7.91. The number of thiazole rings is 1. The predicted octanol–water partition coefficient (Wildman–Crippen LogP) is 3.65. The smallest absolute Gasteiger partial charge is 0.326 e. The van der Waals surface area contributed by atoms with E-state index in [1.165, 1.54) is 39.2 Å². The Morgan fingerprint density at radius 1 is 1.26 bits per heavy atom. The van der Waals surface area contributed by atoms with Crippen LogP contribution >= 0.6 is 34.3 Å². The van der Waals surface area contributed by atoms with Crippen LogP contribution in [0, 0.1) is 11.7 Å². The second-order valence-corrected chi connectivity index (χ2v) is 12.5. The number of rotatable bonds is 6. The molecule has 182 valence electrons. The Labute approximate surface area is 208 Å². The van der Waals surface area contributed by atoms with Gasteiger partial charge in [-0.25, -0.2) is 12.8 Å². The average molecular weight is 546 g/mol. The van der Waals surface area contributed by atoms with E-state index in [0.717, 1.165) is 22.7 Å². The van der Waals surface area contributed by atoms with Gasteiger partial charge in [0.25, 0.3) is 15.9 Å². The molecule has 1 aliphatic rings. The molecule has 13 heteroatoms. The van der Waals surface area contributed by atoms with Crippen LogP contribution < -0.4 is 4.80 Å². The van der Waals surface area contributed by atoms with Gasteiger partial charge in [-0.3, -0.25) is 9.59 Å². The first-order chi connectivity index (χ1) is 16.2. The van der Waals surface area contributed by atoms with Crippen molar-refractivity contribution in [3.05, 3.63) is 45.3 Å². The number of ether oxygens (including phenoxy) is 1. The summed E-state index contributed by atoms with van der Waals surface area (Å²) in [4.78, 5) is 29.7. The molecule has 4 rings (SSSR count). The zero-order valence-electron chi connectivity index (χ0n) is 18.1. The minimum atomic E-state index is -3.77. The second kappa shape index (κ2) is 10.2. The third-order valence-electron chi connectivity index (χ3n) is 5.32. The predicted molar refractivity (Wildman–Crippen MR) is 128 cm³/mol. The lowest BCUT2D eigenvalue weighted by Gasteiger charge is -2.29. The number of carbonyl (C=O) groups is 2. The van der Waals surface area contributed by atoms with E-state index in [0.29, 0.717) is 33.9 Å². The standard InChI is InChI=1S/C21H21ClFN3O5S3/c1-2-31-18(27)12-26-15-6-5-14(23)10-16(15)32-21(26)24-20(28)13-4-3-9-25(11-13)34(29,30)19-8-7-17(22)33-19/h5-8,10,13H,2-4,9,11-12H2,1H3. The number of piperidine rings is 1. The summed E-state index contributed by atoms with van der Waals surface area (Å²) in [5.74, 6) is -2.09. The van der Waals surface area contributed by atoms with Gasteiger partial charge in [-0.2, -0.15) is 9.30 Å². The second-order valence-electron chi connectivity index (χ2n) is 7.60. The maximum atomic E-state index is 13.7. The van der Waals surface area contributed by atoms with E-state index in [2.05, 4.69) is 4.99 Å². The number of thiophene rings is 1. The van der Waals surface area contributed by atoms with Crippen LogP contribution in [0.5, 0.6) is 0 Å². The lowest BCUT2D eigenvalue weighted by Crippen LogP contribution is -2.42. The summed E-state index contributed by atoms with van der Waals surface area (Å²) in [5.41, 5.74) is 0.549. The van der Waals surface area contributed by atoms with Crippen LogP contribution in [0.25, 0.3) is 10.2 Å². The third-order valence-corrected chi connectivity index (χ3v) is 9.92. The summed E-state index contributed by atoms with van der Waals surface area (Å²) in [7, 11) is -3.77. The molecule has 3 aromatic rings. The molecule has 0 radical (unpaired) electrons. The van der Waals surface area contributed by atoms with Crippen molar-refractivity contribution in [2.45, 2.75) is 30.5 Å². The van der Waals surface area contributed by atoms with Crippen LogP contribution in [-0.2, 0) is 30.9 Å². The molecule has 1 aliphatic heterocycles. The van der Waals surface area contributed by atoms with Crippen molar-refractivity contribution in [1.29, 1.82) is 0 Å². The molecule has 1 unspecified atom stereocenters. The monoisotopic (exact) mass is 545 g/mol. The molecular weight excluding hydrogens is 525 g/mol. The number of hydrogen-bond acceptors (Lipinski definition) is 7. The van der Waals surface area contributed by atoms with Crippen molar-refractivity contribution >= 4 is 66.4 Å². The average Bonchev–Trinajstić information content (AvgIpc) is 3.38. The van der Waals surface area contributed by atoms with E-state index >= 15 is 0 Å². The van der Waals surface area contributed by atoms with Crippen LogP contribution in [0.2, 0.25) is 4.34 Å². The molecule has 0 saturated carbocycles. The first-order valence-electron chi connectivity index (χ1n) is 10.5. The molecule has 8 nitrogen and oxygen atoms in total. The molecule has 0 spiro atoms. The van der Waals surface area contributed by atoms with E-state index < -0.39 is 33.6 Å². The van der Waals surface area contributed by atoms with Crippen LogP contribution in [0.4, 0.5) is 4.39 Å². The van der Waals surface area contributed by atoms with E-state index in [1.807, 2.05) is 0 Å². The van der Waals surface area contributed by atoms with Crippen LogP contribution in [0.1, 0.15) is 19.8 Å². The largest absolute Gasteiger partial charge is 0.465 e. The number of fused-ring (bicyclic) bond motifs is 1. The summed E-state index contributed by atoms with van der Waals surface area (Å²) in [6.07, 6.45) is 0.988. The SMILES string of the molecule is CCOC(=O)Cn1c(=NC(=O)C2CCCN(S(=O)(=O)c3ccc(Cl)s3)C2)sc2cc(F)ccc21. The molecule has 0 bridgehead atoms. The maximum Gasteiger partial charge on any atom is 0.326 e. The number of nitrogens with zero attached hydrogens (tertiary/aromatic N) is 3. The molecule has 34 heavy (non-hydrogen) atoms. The molecule has 1 fully saturated rings. The lowest BCUT2D eigenvalue weighted by atomic mass is 9.99. The van der Waals surface area contributed by atoms with Crippen molar-refractivity contribution in [2.75, 3.05) is 19.7 Å². The fraction of sp³-hybridized carbons (Fsp3) is 0.381. The molecule has 1 saturated heterocycles. The Bertz CT molecular complexity index is 1410. The highest BCUT2D eigenvalue weighted by Crippen LogP contribution is 2.31. The number of halogens is 2. The molecule has 0 N–H and O–H groups in total. The number of benzene rings is 1. The lowest BCUT2D eigenvalue weighted by molar-refractivity contribution is -0.143. The highest BCUT2D eigenvalue weighted by atomic mass is 35.5. The number of amides is 1. The molecule has 1 atom stereocenters. The fourth-order valence-corrected chi connectivity index (χ4v) is 7.95. The van der Waals surface area contributed by atoms with Crippen molar-refractivity contribution < 1.29 is 27.1 Å². The number of hydrogen-bond donors (Lipinski definition) is 0. The summed E-state index contributed by atoms with van der Waals surface area (Å²) in [5, 5.41) is 0. The van der Waals surface area contributed by atoms with Crippen molar-refractivity contribution in [1.82, 2.24) is 8.87 Å². The Hall–Kier alpha value is -2.12. The van der Waals surface area contributed by atoms with Crippen LogP contribution in [-0.4, -0.2) is 48.9 Å². The van der Waals surface area contributed by atoms with Gasteiger partial charge in [-0.05, 0) is 50.1 Å². The third kappa shape index (κ3) is 5.25. The first kappa shape index (κ1) is 25.0. The van der Waals surface area contributed by atoms with Crippen LogP contribution in [0.15, 0.2) is 39.5 Å². The Morgan fingerprint density at radius 2 is 2.06 bits per heavy atom. The zero-order valence-corrected chi connectivity index (χ0v) is 21.3. The number of esters is 1. The number of sulfonamides is 1. The van der Waals surface area contributed by atoms with Crippen molar-refractivity contribution in [3.8, 4) is 0 Å². The van der Waals surface area contributed by atoms with Crippen LogP contribution in [0.3, 0.4) is 0 Å². The maximum absolute atomic E-state index is 13.7. The molecule has 3 heterocycles. The van der Waals surface area contributed by atoms with E-state index in [4.69, 9.17) is 16.3 Å². The van der Waals surface area contributed by atoms with E-state index in [-0.39, 0.29) is 28.7 Å². The quantitative estimate of drug-likeness (QED) is 0.440. The van der Waals surface area contributed by atoms with Crippen molar-refractivity contribution in [3.63, 3.8) is 0 Å². The Balaban J connectivity index is 1.64. The fourth-order valence-electron chi connectivity index (χ4n) is 3.73. The van der Waals surface area contributed by atoms with Gasteiger partial charge in [0.1, 0.15) is 16.6 Å². The van der Waals surface area contributed by atoms with Gasteiger partial charge in [-0.1, -0.05) is 22.9 Å². The van der Waals surface area contributed by atoms with Gasteiger partial charge in [0.15, 0.2) is 4.80 Å². The zero-order chi connectivity index (χ0) is 24.5.